The number of hydrogen-bond donors (Lipinski definition) is 2. The minimum atomic E-state index is -0.845. The Kier molecular flexibility index (Phi) is 4.27. The van der Waals surface area contributed by atoms with E-state index in [-0.39, 0.29) is 5.41 Å². The molecule has 0 amide bonds. The first-order valence-corrected chi connectivity index (χ1v) is 7.86. The van der Waals surface area contributed by atoms with Gasteiger partial charge in [-0.25, -0.2) is 0 Å². The highest BCUT2D eigenvalue weighted by molar-refractivity contribution is 5.34. The lowest BCUT2D eigenvalue weighted by atomic mass is 9.67. The van der Waals surface area contributed by atoms with Crippen LogP contribution in [0.5, 0.6) is 0 Å². The lowest BCUT2D eigenvalue weighted by molar-refractivity contribution is -0.0715. The van der Waals surface area contributed by atoms with E-state index in [1.807, 2.05) is 6.92 Å². The van der Waals surface area contributed by atoms with E-state index in [4.69, 9.17) is 5.73 Å². The monoisotopic (exact) mass is 275 g/mol. The largest absolute Gasteiger partial charge is 0.385 e. The Morgan fingerprint density at radius 2 is 1.90 bits per heavy atom. The maximum absolute atomic E-state index is 11.3. The summed E-state index contributed by atoms with van der Waals surface area (Å²) in [7, 11) is 0. The van der Waals surface area contributed by atoms with Crippen LogP contribution in [0.3, 0.4) is 0 Å². The number of aliphatic hydroxyl groups is 1. The standard InChI is InChI=1S/C18H29NO/c1-5-15-6-7-18(11-15,12-19)17(4,20)16-9-13(2)8-14(3)10-16/h8-10,15,20H,5-7,11-12,19H2,1-4H3. The molecule has 1 aliphatic carbocycles. The zero-order valence-corrected chi connectivity index (χ0v) is 13.4. The molecule has 0 saturated heterocycles. The zero-order chi connectivity index (χ0) is 15.0. The van der Waals surface area contributed by atoms with Crippen molar-refractivity contribution in [2.75, 3.05) is 6.54 Å². The van der Waals surface area contributed by atoms with Gasteiger partial charge >= 0.3 is 0 Å². The van der Waals surface area contributed by atoms with Crippen molar-refractivity contribution >= 4 is 0 Å². The molecule has 0 aliphatic heterocycles. The number of rotatable bonds is 4. The van der Waals surface area contributed by atoms with Gasteiger partial charge in [-0.05, 0) is 51.5 Å². The molecule has 3 N–H and O–H groups in total. The van der Waals surface area contributed by atoms with Gasteiger partial charge in [-0.2, -0.15) is 0 Å². The van der Waals surface area contributed by atoms with Crippen LogP contribution in [0.4, 0.5) is 0 Å². The van der Waals surface area contributed by atoms with Gasteiger partial charge in [-0.3, -0.25) is 0 Å². The van der Waals surface area contributed by atoms with E-state index in [9.17, 15) is 5.11 Å². The average Bonchev–Trinajstić information content (AvgIpc) is 2.83. The second kappa shape index (κ2) is 5.50. The van der Waals surface area contributed by atoms with Crippen LogP contribution in [-0.2, 0) is 5.60 Å². The fourth-order valence-electron chi connectivity index (χ4n) is 3.97. The highest BCUT2D eigenvalue weighted by Crippen LogP contribution is 2.53. The van der Waals surface area contributed by atoms with Crippen molar-refractivity contribution in [2.45, 2.75) is 59.0 Å². The van der Waals surface area contributed by atoms with E-state index in [1.165, 1.54) is 24.0 Å². The summed E-state index contributed by atoms with van der Waals surface area (Å²) in [6.45, 7) is 8.94. The first kappa shape index (κ1) is 15.5. The van der Waals surface area contributed by atoms with Crippen LogP contribution in [0.25, 0.3) is 0 Å². The number of nitrogens with two attached hydrogens (primary N) is 1. The Morgan fingerprint density at radius 1 is 1.30 bits per heavy atom. The van der Waals surface area contributed by atoms with Crippen LogP contribution < -0.4 is 5.73 Å². The highest BCUT2D eigenvalue weighted by atomic mass is 16.3. The Hall–Kier alpha value is -0.860. The third-order valence-electron chi connectivity index (χ3n) is 5.50. The minimum absolute atomic E-state index is 0.173. The Labute approximate surface area is 123 Å². The summed E-state index contributed by atoms with van der Waals surface area (Å²) in [5, 5.41) is 11.3. The second-order valence-corrected chi connectivity index (χ2v) is 6.95. The van der Waals surface area contributed by atoms with E-state index >= 15 is 0 Å². The fourth-order valence-corrected chi connectivity index (χ4v) is 3.97. The fraction of sp³-hybridized carbons (Fsp3) is 0.667. The van der Waals surface area contributed by atoms with Crippen LogP contribution in [-0.4, -0.2) is 11.7 Å². The summed E-state index contributed by atoms with van der Waals surface area (Å²) in [6, 6.07) is 6.38. The first-order valence-electron chi connectivity index (χ1n) is 7.86. The quantitative estimate of drug-likeness (QED) is 0.880. The smallest absolute Gasteiger partial charge is 0.0936 e. The van der Waals surface area contributed by atoms with E-state index in [0.29, 0.717) is 12.5 Å². The van der Waals surface area contributed by atoms with Gasteiger partial charge in [0.05, 0.1) is 5.60 Å². The van der Waals surface area contributed by atoms with E-state index in [0.717, 1.165) is 18.4 Å². The van der Waals surface area contributed by atoms with Crippen molar-refractivity contribution in [3.63, 3.8) is 0 Å². The maximum Gasteiger partial charge on any atom is 0.0936 e. The van der Waals surface area contributed by atoms with Crippen molar-refractivity contribution in [3.05, 3.63) is 34.9 Å². The lowest BCUT2D eigenvalue weighted by Crippen LogP contribution is -2.47. The molecular weight excluding hydrogens is 246 g/mol. The molecule has 112 valence electrons. The van der Waals surface area contributed by atoms with Gasteiger partial charge in [0, 0.05) is 12.0 Å². The molecular formula is C18H29NO. The third kappa shape index (κ3) is 2.51. The van der Waals surface area contributed by atoms with Crippen molar-refractivity contribution in [3.8, 4) is 0 Å². The van der Waals surface area contributed by atoms with Crippen LogP contribution in [0.2, 0.25) is 0 Å². The number of aryl methyl sites for hydroxylation is 2. The maximum atomic E-state index is 11.3. The van der Waals surface area contributed by atoms with Crippen LogP contribution >= 0.6 is 0 Å². The van der Waals surface area contributed by atoms with Gasteiger partial charge in [0.1, 0.15) is 0 Å². The van der Waals surface area contributed by atoms with Gasteiger partial charge in [-0.1, -0.05) is 42.7 Å². The molecule has 1 aromatic carbocycles. The lowest BCUT2D eigenvalue weighted by Gasteiger charge is -2.43. The van der Waals surface area contributed by atoms with Gasteiger partial charge < -0.3 is 10.8 Å². The predicted molar refractivity (Wildman–Crippen MR) is 84.6 cm³/mol. The molecule has 0 radical (unpaired) electrons. The molecule has 2 rings (SSSR count). The van der Waals surface area contributed by atoms with Gasteiger partial charge in [0.15, 0.2) is 0 Å². The SMILES string of the molecule is CCC1CCC(CN)(C(C)(O)c2cc(C)cc(C)c2)C1. The normalized spacial score (nSPS) is 29.4. The van der Waals surface area contributed by atoms with Crippen LogP contribution in [0, 0.1) is 25.2 Å². The molecule has 0 spiro atoms. The molecule has 0 aromatic heterocycles. The van der Waals surface area contributed by atoms with Crippen molar-refractivity contribution < 1.29 is 5.11 Å². The Morgan fingerprint density at radius 3 is 2.35 bits per heavy atom. The van der Waals surface area contributed by atoms with Crippen molar-refractivity contribution in [1.82, 2.24) is 0 Å². The van der Waals surface area contributed by atoms with E-state index in [2.05, 4.69) is 39.0 Å². The zero-order valence-electron chi connectivity index (χ0n) is 13.4. The second-order valence-electron chi connectivity index (χ2n) is 6.95. The van der Waals surface area contributed by atoms with Gasteiger partial charge in [-0.15, -0.1) is 0 Å². The Balaban J connectivity index is 2.41. The van der Waals surface area contributed by atoms with Crippen LogP contribution in [0.1, 0.15) is 56.2 Å². The topological polar surface area (TPSA) is 46.2 Å². The summed E-state index contributed by atoms with van der Waals surface area (Å²) < 4.78 is 0. The van der Waals surface area contributed by atoms with E-state index < -0.39 is 5.60 Å². The summed E-state index contributed by atoms with van der Waals surface area (Å²) in [5.41, 5.74) is 8.54. The Bertz CT molecular complexity index is 460. The van der Waals surface area contributed by atoms with Gasteiger partial charge in [0.2, 0.25) is 0 Å². The molecule has 3 unspecified atom stereocenters. The summed E-state index contributed by atoms with van der Waals surface area (Å²) in [5.74, 6) is 0.705. The number of benzene rings is 1. The van der Waals surface area contributed by atoms with Crippen molar-refractivity contribution in [1.29, 1.82) is 0 Å². The molecule has 0 heterocycles. The molecule has 1 saturated carbocycles. The summed E-state index contributed by atoms with van der Waals surface area (Å²) in [6.07, 6.45) is 4.45. The third-order valence-corrected chi connectivity index (χ3v) is 5.50. The molecule has 20 heavy (non-hydrogen) atoms. The minimum Gasteiger partial charge on any atom is -0.385 e. The first-order chi connectivity index (χ1) is 9.34. The molecule has 0 bridgehead atoms. The summed E-state index contributed by atoms with van der Waals surface area (Å²) >= 11 is 0. The predicted octanol–water partition coefficient (Wildman–Crippen LogP) is 3.67. The molecule has 3 atom stereocenters. The van der Waals surface area contributed by atoms with Crippen molar-refractivity contribution in [2.24, 2.45) is 17.1 Å². The number of hydrogen-bond acceptors (Lipinski definition) is 2. The average molecular weight is 275 g/mol. The van der Waals surface area contributed by atoms with E-state index in [1.54, 1.807) is 0 Å². The molecule has 1 aliphatic rings. The molecule has 1 fully saturated rings. The molecule has 2 heteroatoms. The van der Waals surface area contributed by atoms with Crippen LogP contribution in [0.15, 0.2) is 18.2 Å². The molecule has 2 nitrogen and oxygen atoms in total. The highest BCUT2D eigenvalue weighted by Gasteiger charge is 2.51. The summed E-state index contributed by atoms with van der Waals surface area (Å²) in [4.78, 5) is 0. The van der Waals surface area contributed by atoms with Gasteiger partial charge in [0.25, 0.3) is 0 Å². The molecule has 1 aromatic rings.